The lowest BCUT2D eigenvalue weighted by Crippen LogP contribution is -2.44. The number of carbonyl (C=O) groups is 3. The monoisotopic (exact) mass is 729 g/mol. The van der Waals surface area contributed by atoms with Gasteiger partial charge in [-0.05, 0) is 66.1 Å². The number of Topliss-reactive ketones (excluding diaryl/α,β-unsaturated/α-hetero) is 1. The van der Waals surface area contributed by atoms with Gasteiger partial charge >= 0.3 is 12.2 Å². The molecule has 274 valence electrons. The highest BCUT2D eigenvalue weighted by Crippen LogP contribution is 2.48. The molecule has 0 saturated heterocycles. The molecule has 5 rings (SSSR count). The molecule has 0 atom stereocenters. The van der Waals surface area contributed by atoms with Crippen molar-refractivity contribution in [2.45, 2.75) is 83.4 Å². The number of halogens is 4. The molecule has 0 spiro atoms. The minimum atomic E-state index is -4.60. The third kappa shape index (κ3) is 11.5. The highest BCUT2D eigenvalue weighted by Gasteiger charge is 2.45. The maximum Gasteiger partial charge on any atom is 0.422 e. The lowest BCUT2D eigenvalue weighted by Gasteiger charge is -2.25. The van der Waals surface area contributed by atoms with Crippen molar-refractivity contribution >= 4 is 46.8 Å². The van der Waals surface area contributed by atoms with Gasteiger partial charge in [0.2, 0.25) is 17.7 Å². The largest absolute Gasteiger partial charge is 0.454 e. The lowest BCUT2D eigenvalue weighted by molar-refractivity contribution is -0.154. The third-order valence-electron chi connectivity index (χ3n) is 9.04. The van der Waals surface area contributed by atoms with Gasteiger partial charge in [-0.3, -0.25) is 14.4 Å². The van der Waals surface area contributed by atoms with E-state index < -0.39 is 41.4 Å². The fourth-order valence-electron chi connectivity index (χ4n) is 5.93. The average Bonchev–Trinajstić information content (AvgIpc) is 3.90. The zero-order chi connectivity index (χ0) is 36.6. The zero-order valence-electron chi connectivity index (χ0n) is 28.7. The molecule has 0 radical (unpaired) electrons. The van der Waals surface area contributed by atoms with E-state index in [1.807, 2.05) is 26.0 Å². The van der Waals surface area contributed by atoms with E-state index in [2.05, 4.69) is 36.2 Å². The molecule has 1 heterocycles. The number of amides is 2. The van der Waals surface area contributed by atoms with Crippen LogP contribution in [0.4, 0.5) is 30.8 Å². The Morgan fingerprint density at radius 2 is 1.49 bits per heavy atom. The van der Waals surface area contributed by atoms with E-state index in [-0.39, 0.29) is 43.2 Å². The number of aromatic nitrogens is 3. The fourth-order valence-corrected chi connectivity index (χ4v) is 6.06. The summed E-state index contributed by atoms with van der Waals surface area (Å²) in [4.78, 5) is 50.4. The molecule has 3 aromatic rings. The lowest BCUT2D eigenvalue weighted by atomic mass is 9.92. The molecule has 2 aliphatic carbocycles. The molecule has 2 fully saturated rings. The first-order valence-electron chi connectivity index (χ1n) is 17.1. The minimum absolute atomic E-state index is 0.0240. The Morgan fingerprint density at radius 3 is 2.12 bits per heavy atom. The van der Waals surface area contributed by atoms with Crippen LogP contribution in [-0.4, -0.2) is 58.4 Å². The second-order valence-electron chi connectivity index (χ2n) is 14.1. The quantitative estimate of drug-likeness (QED) is 0.0949. The molecule has 0 unspecified atom stereocenters. The molecule has 2 saturated carbocycles. The Balaban J connectivity index is 1.16. The Kier molecular flexibility index (Phi) is 12.0. The van der Waals surface area contributed by atoms with Gasteiger partial charge in [-0.25, -0.2) is 0 Å². The summed E-state index contributed by atoms with van der Waals surface area (Å²) in [7, 11) is 0. The van der Waals surface area contributed by atoms with E-state index in [4.69, 9.17) is 16.3 Å². The number of rotatable bonds is 15. The molecule has 0 aliphatic heterocycles. The van der Waals surface area contributed by atoms with Crippen LogP contribution < -0.4 is 26.0 Å². The van der Waals surface area contributed by atoms with Crippen LogP contribution in [0, 0.1) is 11.3 Å². The summed E-state index contributed by atoms with van der Waals surface area (Å²) in [6.45, 7) is 2.62. The Labute approximate surface area is 299 Å². The van der Waals surface area contributed by atoms with Crippen LogP contribution in [0.3, 0.4) is 0 Å². The second kappa shape index (κ2) is 16.3. The van der Waals surface area contributed by atoms with Gasteiger partial charge in [-0.1, -0.05) is 76.1 Å². The van der Waals surface area contributed by atoms with Crippen molar-refractivity contribution in [2.75, 3.05) is 30.3 Å². The van der Waals surface area contributed by atoms with Crippen LogP contribution in [0.2, 0.25) is 5.02 Å². The van der Waals surface area contributed by atoms with E-state index >= 15 is 0 Å². The van der Waals surface area contributed by atoms with Gasteiger partial charge in [0.25, 0.3) is 11.8 Å². The summed E-state index contributed by atoms with van der Waals surface area (Å²) >= 11 is 6.04. The molecule has 51 heavy (non-hydrogen) atoms. The van der Waals surface area contributed by atoms with E-state index in [1.54, 1.807) is 36.4 Å². The summed E-state index contributed by atoms with van der Waals surface area (Å²) in [5.74, 6) is -1.11. The van der Waals surface area contributed by atoms with Crippen molar-refractivity contribution in [1.29, 1.82) is 0 Å². The summed E-state index contributed by atoms with van der Waals surface area (Å²) in [5.41, 5.74) is 0.700. The highest BCUT2D eigenvalue weighted by molar-refractivity contribution is 6.36. The Hall–Kier alpha value is -4.46. The van der Waals surface area contributed by atoms with Gasteiger partial charge in [0.05, 0.1) is 5.54 Å². The van der Waals surface area contributed by atoms with Crippen LogP contribution in [0.15, 0.2) is 48.5 Å². The maximum absolute atomic E-state index is 12.9. The number of alkyl halides is 3. The molecule has 4 N–H and O–H groups in total. The first-order valence-corrected chi connectivity index (χ1v) is 17.5. The zero-order valence-corrected chi connectivity index (χ0v) is 29.4. The number of ketones is 1. The minimum Gasteiger partial charge on any atom is -0.454 e. The molecule has 0 bridgehead atoms. The number of hydrogen-bond donors (Lipinski definition) is 4. The SMILES string of the molecule is CC(C)(CNC(=O)C(=O)CC1CCCCCC1)CNC(=O)c1ccc(Nc2nc(NC3(c4ccc(Cl)cc4)CC3)nc(OCC(F)(F)F)n2)cc1. The van der Waals surface area contributed by atoms with Crippen LogP contribution in [0.25, 0.3) is 0 Å². The smallest absolute Gasteiger partial charge is 0.422 e. The second-order valence-corrected chi connectivity index (χ2v) is 14.5. The predicted octanol–water partition coefficient (Wildman–Crippen LogP) is 7.11. The van der Waals surface area contributed by atoms with Crippen molar-refractivity contribution < 1.29 is 32.3 Å². The molecule has 2 amide bonds. The number of ether oxygens (including phenoxy) is 1. The predicted molar refractivity (Wildman–Crippen MR) is 187 cm³/mol. The first-order chi connectivity index (χ1) is 24.2. The molecule has 2 aromatic carbocycles. The maximum atomic E-state index is 12.9. The summed E-state index contributed by atoms with van der Waals surface area (Å²) < 4.78 is 43.6. The van der Waals surface area contributed by atoms with Crippen molar-refractivity contribution in [3.8, 4) is 6.01 Å². The van der Waals surface area contributed by atoms with Crippen molar-refractivity contribution in [3.63, 3.8) is 0 Å². The van der Waals surface area contributed by atoms with E-state index in [0.717, 1.165) is 44.1 Å². The van der Waals surface area contributed by atoms with Gasteiger partial charge in [0, 0.05) is 35.8 Å². The Morgan fingerprint density at radius 1 is 0.863 bits per heavy atom. The number of hydrogen-bond acceptors (Lipinski definition) is 9. The molecular weight excluding hydrogens is 687 g/mol. The van der Waals surface area contributed by atoms with E-state index in [9.17, 15) is 27.6 Å². The van der Waals surface area contributed by atoms with Crippen LogP contribution in [0.1, 0.15) is 87.6 Å². The molecule has 15 heteroatoms. The van der Waals surface area contributed by atoms with Gasteiger partial charge in [0.15, 0.2) is 6.61 Å². The third-order valence-corrected chi connectivity index (χ3v) is 9.29. The number of benzene rings is 2. The van der Waals surface area contributed by atoms with Gasteiger partial charge < -0.3 is 26.0 Å². The van der Waals surface area contributed by atoms with Crippen LogP contribution in [-0.2, 0) is 15.1 Å². The highest BCUT2D eigenvalue weighted by atomic mass is 35.5. The number of nitrogens with one attached hydrogen (secondary N) is 4. The summed E-state index contributed by atoms with van der Waals surface area (Å²) in [6, 6.07) is 13.1. The molecule has 2 aliphatic rings. The van der Waals surface area contributed by atoms with Crippen molar-refractivity contribution in [2.24, 2.45) is 11.3 Å². The number of carbonyl (C=O) groups excluding carboxylic acids is 3. The molecular formula is C36H43ClF3N7O4. The standard InChI is InChI=1S/C36H43ClF3N7O4/c1-34(2,21-42-30(50)28(48)19-23-7-5-3-4-6-8-23)20-41-29(49)24-9-15-27(16-10-24)43-31-44-32(46-33(45-31)51-22-36(38,39)40)47-35(17-18-35)25-11-13-26(37)14-12-25/h9-16,23H,3-8,17-22H2,1-2H3,(H,41,49)(H,42,50)(H2,43,44,45,46,47). The summed E-state index contributed by atoms with van der Waals surface area (Å²) in [6.07, 6.45) is 3.69. The van der Waals surface area contributed by atoms with Gasteiger partial charge in [0.1, 0.15) is 0 Å². The number of anilines is 3. The molecule has 11 nitrogen and oxygen atoms in total. The van der Waals surface area contributed by atoms with Crippen molar-refractivity contribution in [1.82, 2.24) is 25.6 Å². The van der Waals surface area contributed by atoms with Gasteiger partial charge in [-0.2, -0.15) is 28.1 Å². The van der Waals surface area contributed by atoms with E-state index in [0.29, 0.717) is 16.3 Å². The summed E-state index contributed by atoms with van der Waals surface area (Å²) in [5, 5.41) is 12.3. The van der Waals surface area contributed by atoms with Crippen LogP contribution in [0.5, 0.6) is 6.01 Å². The van der Waals surface area contributed by atoms with Crippen molar-refractivity contribution in [3.05, 3.63) is 64.7 Å². The number of nitrogens with zero attached hydrogens (tertiary/aromatic N) is 3. The molecule has 1 aromatic heterocycles. The van der Waals surface area contributed by atoms with Crippen LogP contribution >= 0.6 is 11.6 Å². The fraction of sp³-hybridized carbons (Fsp3) is 0.500. The average molecular weight is 730 g/mol. The first kappa shape index (κ1) is 37.8. The Bertz CT molecular complexity index is 1680. The van der Waals surface area contributed by atoms with E-state index in [1.165, 1.54) is 12.8 Å². The normalized spacial score (nSPS) is 16.0. The van der Waals surface area contributed by atoms with Gasteiger partial charge in [-0.15, -0.1) is 0 Å². The topological polar surface area (TPSA) is 147 Å².